The monoisotopic (exact) mass is 238 g/mol. The van der Waals surface area contributed by atoms with Crippen LogP contribution in [0.3, 0.4) is 0 Å². The number of aliphatic hydroxyl groups excluding tert-OH is 2. The second kappa shape index (κ2) is 8.06. The van der Waals surface area contributed by atoms with Crippen molar-refractivity contribution in [3.8, 4) is 0 Å². The van der Waals surface area contributed by atoms with Gasteiger partial charge in [-0.2, -0.15) is 0 Å². The highest BCUT2D eigenvalue weighted by Gasteiger charge is 2.01. The highest BCUT2D eigenvalue weighted by atomic mass is 16.3. The van der Waals surface area contributed by atoms with Crippen LogP contribution in [0.4, 0.5) is 5.69 Å². The SMILES string of the molecule is NCCCCc1ccc(NC[C@H](O)CO)cc1. The first-order valence-electron chi connectivity index (χ1n) is 6.08. The molecule has 0 fully saturated rings. The van der Waals surface area contributed by atoms with E-state index in [1.54, 1.807) is 0 Å². The lowest BCUT2D eigenvalue weighted by Gasteiger charge is -2.10. The van der Waals surface area contributed by atoms with Crippen molar-refractivity contribution in [3.05, 3.63) is 29.8 Å². The number of aliphatic hydroxyl groups is 2. The molecule has 4 nitrogen and oxygen atoms in total. The summed E-state index contributed by atoms with van der Waals surface area (Å²) in [5, 5.41) is 20.9. The third-order valence-electron chi connectivity index (χ3n) is 2.63. The quantitative estimate of drug-likeness (QED) is 0.504. The summed E-state index contributed by atoms with van der Waals surface area (Å²) in [6, 6.07) is 8.12. The Morgan fingerprint density at radius 3 is 2.47 bits per heavy atom. The number of hydrogen-bond acceptors (Lipinski definition) is 4. The van der Waals surface area contributed by atoms with Gasteiger partial charge < -0.3 is 21.3 Å². The lowest BCUT2D eigenvalue weighted by atomic mass is 10.1. The van der Waals surface area contributed by atoms with Crippen LogP contribution in [0.15, 0.2) is 24.3 Å². The molecule has 0 amide bonds. The largest absolute Gasteiger partial charge is 0.394 e. The van der Waals surface area contributed by atoms with E-state index in [4.69, 9.17) is 10.8 Å². The fourth-order valence-electron chi connectivity index (χ4n) is 1.56. The molecule has 1 aromatic carbocycles. The lowest BCUT2D eigenvalue weighted by molar-refractivity contribution is 0.105. The van der Waals surface area contributed by atoms with Gasteiger partial charge in [0, 0.05) is 12.2 Å². The topological polar surface area (TPSA) is 78.5 Å². The summed E-state index contributed by atoms with van der Waals surface area (Å²) in [4.78, 5) is 0. The van der Waals surface area contributed by atoms with E-state index in [0.717, 1.165) is 31.5 Å². The van der Waals surface area contributed by atoms with Gasteiger partial charge in [-0.15, -0.1) is 0 Å². The van der Waals surface area contributed by atoms with Crippen molar-refractivity contribution in [3.63, 3.8) is 0 Å². The van der Waals surface area contributed by atoms with Gasteiger partial charge >= 0.3 is 0 Å². The van der Waals surface area contributed by atoms with Crippen LogP contribution in [-0.2, 0) is 6.42 Å². The van der Waals surface area contributed by atoms with Crippen molar-refractivity contribution in [2.45, 2.75) is 25.4 Å². The Morgan fingerprint density at radius 1 is 1.18 bits per heavy atom. The third kappa shape index (κ3) is 5.68. The van der Waals surface area contributed by atoms with Crippen molar-refractivity contribution in [1.82, 2.24) is 0 Å². The predicted molar refractivity (Wildman–Crippen MR) is 70.0 cm³/mol. The maximum Gasteiger partial charge on any atom is 0.0942 e. The first-order chi connectivity index (χ1) is 8.26. The summed E-state index contributed by atoms with van der Waals surface area (Å²) in [7, 11) is 0. The number of hydrogen-bond donors (Lipinski definition) is 4. The van der Waals surface area contributed by atoms with Crippen LogP contribution < -0.4 is 11.1 Å². The number of unbranched alkanes of at least 4 members (excludes halogenated alkanes) is 1. The summed E-state index contributed by atoms with van der Waals surface area (Å²) in [5.41, 5.74) is 7.70. The van der Waals surface area contributed by atoms with Crippen molar-refractivity contribution >= 4 is 5.69 Å². The predicted octanol–water partition coefficient (Wildman–Crippen LogP) is 0.733. The highest BCUT2D eigenvalue weighted by molar-refractivity contribution is 5.44. The van der Waals surface area contributed by atoms with E-state index in [-0.39, 0.29) is 6.61 Å². The Morgan fingerprint density at radius 2 is 1.88 bits per heavy atom. The smallest absolute Gasteiger partial charge is 0.0942 e. The fraction of sp³-hybridized carbons (Fsp3) is 0.538. The molecule has 0 unspecified atom stereocenters. The standard InChI is InChI=1S/C13H22N2O2/c14-8-2-1-3-11-4-6-12(7-5-11)15-9-13(17)10-16/h4-7,13,15-17H,1-3,8-10,14H2/t13-/m0/s1. The number of nitrogens with two attached hydrogens (primary N) is 1. The van der Waals surface area contributed by atoms with Gasteiger partial charge in [-0.3, -0.25) is 0 Å². The molecule has 0 aromatic heterocycles. The zero-order chi connectivity index (χ0) is 12.5. The molecule has 1 rings (SSSR count). The average Bonchev–Trinajstić information content (AvgIpc) is 2.37. The van der Waals surface area contributed by atoms with Crippen molar-refractivity contribution in [1.29, 1.82) is 0 Å². The maximum atomic E-state index is 9.19. The van der Waals surface area contributed by atoms with Crippen LogP contribution in [0.5, 0.6) is 0 Å². The number of anilines is 1. The Kier molecular flexibility index (Phi) is 6.62. The second-order valence-corrected chi connectivity index (χ2v) is 4.16. The Bertz CT molecular complexity index is 301. The number of nitrogens with one attached hydrogen (secondary N) is 1. The maximum absolute atomic E-state index is 9.19. The highest BCUT2D eigenvalue weighted by Crippen LogP contribution is 2.11. The molecule has 0 spiro atoms. The van der Waals surface area contributed by atoms with Crippen LogP contribution in [0.1, 0.15) is 18.4 Å². The van der Waals surface area contributed by atoms with E-state index >= 15 is 0 Å². The van der Waals surface area contributed by atoms with Gasteiger partial charge in [0.1, 0.15) is 0 Å². The van der Waals surface area contributed by atoms with Gasteiger partial charge in [0.15, 0.2) is 0 Å². The van der Waals surface area contributed by atoms with Gasteiger partial charge in [-0.05, 0) is 43.5 Å². The molecule has 1 aromatic rings. The summed E-state index contributed by atoms with van der Waals surface area (Å²) in [5.74, 6) is 0. The molecule has 96 valence electrons. The van der Waals surface area contributed by atoms with Crippen LogP contribution in [-0.4, -0.2) is 36.0 Å². The van der Waals surface area contributed by atoms with E-state index in [9.17, 15) is 5.11 Å². The molecular formula is C13H22N2O2. The zero-order valence-corrected chi connectivity index (χ0v) is 10.1. The minimum absolute atomic E-state index is 0.218. The Balaban J connectivity index is 2.34. The summed E-state index contributed by atoms with van der Waals surface area (Å²) in [6.07, 6.45) is 2.52. The number of aryl methyl sites for hydroxylation is 1. The van der Waals surface area contributed by atoms with Crippen molar-refractivity contribution in [2.75, 3.05) is 25.0 Å². The molecule has 17 heavy (non-hydrogen) atoms. The molecule has 1 atom stereocenters. The van der Waals surface area contributed by atoms with Crippen LogP contribution >= 0.6 is 0 Å². The summed E-state index contributed by atoms with van der Waals surface area (Å²) in [6.45, 7) is 0.895. The van der Waals surface area contributed by atoms with Crippen LogP contribution in [0.2, 0.25) is 0 Å². The van der Waals surface area contributed by atoms with Gasteiger partial charge in [0.05, 0.1) is 12.7 Å². The molecule has 0 aliphatic heterocycles. The molecule has 0 heterocycles. The summed E-state index contributed by atoms with van der Waals surface area (Å²) >= 11 is 0. The fourth-order valence-corrected chi connectivity index (χ4v) is 1.56. The molecule has 0 saturated heterocycles. The summed E-state index contributed by atoms with van der Waals surface area (Å²) < 4.78 is 0. The number of rotatable bonds is 8. The molecule has 5 N–H and O–H groups in total. The van der Waals surface area contributed by atoms with Gasteiger partial charge in [-0.1, -0.05) is 12.1 Å². The first-order valence-corrected chi connectivity index (χ1v) is 6.08. The zero-order valence-electron chi connectivity index (χ0n) is 10.1. The molecule has 0 radical (unpaired) electrons. The normalized spacial score (nSPS) is 12.4. The third-order valence-corrected chi connectivity index (χ3v) is 2.63. The first kappa shape index (κ1) is 14.0. The van der Waals surface area contributed by atoms with Crippen LogP contribution in [0, 0.1) is 0 Å². The van der Waals surface area contributed by atoms with Crippen LogP contribution in [0.25, 0.3) is 0 Å². The van der Waals surface area contributed by atoms with Crippen molar-refractivity contribution in [2.24, 2.45) is 5.73 Å². The molecule has 0 saturated carbocycles. The van der Waals surface area contributed by atoms with E-state index in [1.165, 1.54) is 5.56 Å². The molecular weight excluding hydrogens is 216 g/mol. The van der Waals surface area contributed by atoms with E-state index < -0.39 is 6.10 Å². The molecule has 0 bridgehead atoms. The van der Waals surface area contributed by atoms with E-state index in [0.29, 0.717) is 6.54 Å². The number of benzene rings is 1. The second-order valence-electron chi connectivity index (χ2n) is 4.16. The molecule has 4 heteroatoms. The Labute approximate surface area is 102 Å². The van der Waals surface area contributed by atoms with E-state index in [2.05, 4.69) is 17.4 Å². The van der Waals surface area contributed by atoms with E-state index in [1.807, 2.05) is 12.1 Å². The van der Waals surface area contributed by atoms with Gasteiger partial charge in [-0.25, -0.2) is 0 Å². The Hall–Kier alpha value is -1.10. The van der Waals surface area contributed by atoms with Gasteiger partial charge in [0.25, 0.3) is 0 Å². The minimum Gasteiger partial charge on any atom is -0.394 e. The minimum atomic E-state index is -0.709. The molecule has 0 aliphatic carbocycles. The lowest BCUT2D eigenvalue weighted by Crippen LogP contribution is -2.22. The molecule has 0 aliphatic rings. The average molecular weight is 238 g/mol. The van der Waals surface area contributed by atoms with Crippen molar-refractivity contribution < 1.29 is 10.2 Å². The van der Waals surface area contributed by atoms with Gasteiger partial charge in [0.2, 0.25) is 0 Å².